The number of rotatable bonds is 5. The first-order valence-electron chi connectivity index (χ1n) is 5.04. The van der Waals surface area contributed by atoms with E-state index in [0.717, 1.165) is 18.7 Å². The van der Waals surface area contributed by atoms with Gasteiger partial charge in [0.1, 0.15) is 5.82 Å². The van der Waals surface area contributed by atoms with E-state index in [1.54, 1.807) is 13.1 Å². The summed E-state index contributed by atoms with van der Waals surface area (Å²) in [7, 11) is 1.79. The average Bonchev–Trinajstić information content (AvgIpc) is 2.26. The standard InChI is InChI=1S/C11H13FN2O3/c1-13-5-3-2-4-8-6-10(14(16)17)11(15)7-9(8)12/h2,4,6-7,13,15H,3,5H2,1H3. The minimum absolute atomic E-state index is 0.0885. The van der Waals surface area contributed by atoms with Crippen molar-refractivity contribution in [1.29, 1.82) is 0 Å². The van der Waals surface area contributed by atoms with E-state index in [4.69, 9.17) is 0 Å². The fourth-order valence-electron chi connectivity index (χ4n) is 1.28. The first-order valence-corrected chi connectivity index (χ1v) is 5.04. The van der Waals surface area contributed by atoms with Crippen LogP contribution in [0.3, 0.4) is 0 Å². The molecule has 0 heterocycles. The van der Waals surface area contributed by atoms with Gasteiger partial charge in [0, 0.05) is 17.7 Å². The first-order chi connectivity index (χ1) is 8.06. The molecule has 0 saturated heterocycles. The maximum absolute atomic E-state index is 13.4. The van der Waals surface area contributed by atoms with Crippen LogP contribution in [0.2, 0.25) is 0 Å². The fraction of sp³-hybridized carbons (Fsp3) is 0.273. The molecule has 0 fully saturated rings. The van der Waals surface area contributed by atoms with Gasteiger partial charge in [-0.15, -0.1) is 0 Å². The third-order valence-electron chi connectivity index (χ3n) is 2.15. The van der Waals surface area contributed by atoms with E-state index in [2.05, 4.69) is 5.32 Å². The Hall–Kier alpha value is -1.95. The van der Waals surface area contributed by atoms with E-state index in [0.29, 0.717) is 6.42 Å². The number of hydrogen-bond acceptors (Lipinski definition) is 4. The molecule has 17 heavy (non-hydrogen) atoms. The average molecular weight is 240 g/mol. The third kappa shape index (κ3) is 3.53. The van der Waals surface area contributed by atoms with Crippen molar-refractivity contribution in [2.24, 2.45) is 0 Å². The van der Waals surface area contributed by atoms with Crippen LogP contribution in [0, 0.1) is 15.9 Å². The molecule has 0 amide bonds. The Morgan fingerprint density at radius 3 is 2.88 bits per heavy atom. The van der Waals surface area contributed by atoms with Crippen molar-refractivity contribution in [2.75, 3.05) is 13.6 Å². The molecule has 1 aromatic rings. The predicted octanol–water partition coefficient (Wildman–Crippen LogP) is 2.06. The second-order valence-electron chi connectivity index (χ2n) is 3.41. The summed E-state index contributed by atoms with van der Waals surface area (Å²) < 4.78 is 13.4. The highest BCUT2D eigenvalue weighted by Crippen LogP contribution is 2.29. The number of phenolic OH excluding ortho intramolecular Hbond substituents is 1. The maximum atomic E-state index is 13.4. The molecule has 0 aliphatic carbocycles. The number of nitro benzene ring substituents is 1. The first kappa shape index (κ1) is 13.1. The quantitative estimate of drug-likeness (QED) is 0.469. The summed E-state index contributed by atoms with van der Waals surface area (Å²) in [6.07, 6.45) is 3.85. The highest BCUT2D eigenvalue weighted by molar-refractivity contribution is 5.59. The smallest absolute Gasteiger partial charge is 0.311 e. The van der Waals surface area contributed by atoms with E-state index in [1.165, 1.54) is 6.08 Å². The van der Waals surface area contributed by atoms with Crippen LogP contribution in [0.15, 0.2) is 18.2 Å². The number of hydrogen-bond donors (Lipinski definition) is 2. The van der Waals surface area contributed by atoms with E-state index in [9.17, 15) is 19.6 Å². The number of nitro groups is 1. The monoisotopic (exact) mass is 240 g/mol. The summed E-state index contributed by atoms with van der Waals surface area (Å²) in [4.78, 5) is 9.80. The Morgan fingerprint density at radius 2 is 2.29 bits per heavy atom. The molecule has 0 spiro atoms. The van der Waals surface area contributed by atoms with Gasteiger partial charge in [0.2, 0.25) is 0 Å². The number of phenols is 1. The lowest BCUT2D eigenvalue weighted by Crippen LogP contribution is -2.05. The lowest BCUT2D eigenvalue weighted by molar-refractivity contribution is -0.385. The van der Waals surface area contributed by atoms with Crippen LogP contribution < -0.4 is 5.32 Å². The molecule has 0 aromatic heterocycles. The summed E-state index contributed by atoms with van der Waals surface area (Å²) in [5.41, 5.74) is -0.412. The minimum Gasteiger partial charge on any atom is -0.502 e. The maximum Gasteiger partial charge on any atom is 0.311 e. The Bertz CT molecular complexity index is 447. The molecule has 0 atom stereocenters. The molecule has 0 aliphatic rings. The van der Waals surface area contributed by atoms with Crippen LogP contribution in [0.25, 0.3) is 6.08 Å². The second kappa shape index (κ2) is 5.95. The zero-order valence-corrected chi connectivity index (χ0v) is 9.31. The van der Waals surface area contributed by atoms with E-state index in [1.807, 2.05) is 0 Å². The molecule has 2 N–H and O–H groups in total. The Labute approximate surface area is 97.7 Å². The van der Waals surface area contributed by atoms with E-state index in [-0.39, 0.29) is 5.56 Å². The molecule has 92 valence electrons. The van der Waals surface area contributed by atoms with Crippen LogP contribution in [0.5, 0.6) is 5.75 Å². The van der Waals surface area contributed by atoms with Crippen molar-refractivity contribution < 1.29 is 14.4 Å². The molecule has 0 saturated carbocycles. The third-order valence-corrected chi connectivity index (χ3v) is 2.15. The molecule has 1 aromatic carbocycles. The van der Waals surface area contributed by atoms with Crippen molar-refractivity contribution >= 4 is 11.8 Å². The van der Waals surface area contributed by atoms with Gasteiger partial charge in [-0.3, -0.25) is 10.1 Å². The van der Waals surface area contributed by atoms with Gasteiger partial charge in [0.05, 0.1) is 4.92 Å². The van der Waals surface area contributed by atoms with Gasteiger partial charge in [-0.2, -0.15) is 0 Å². The largest absolute Gasteiger partial charge is 0.502 e. The van der Waals surface area contributed by atoms with Crippen LogP contribution in [0.4, 0.5) is 10.1 Å². The number of aromatic hydroxyl groups is 1. The normalized spacial score (nSPS) is 10.9. The topological polar surface area (TPSA) is 75.4 Å². The Balaban J connectivity index is 2.95. The molecule has 1 rings (SSSR count). The van der Waals surface area contributed by atoms with Crippen molar-refractivity contribution in [2.45, 2.75) is 6.42 Å². The number of halogens is 1. The van der Waals surface area contributed by atoms with Gasteiger partial charge in [-0.05, 0) is 20.0 Å². The van der Waals surface area contributed by atoms with Gasteiger partial charge in [-0.1, -0.05) is 12.2 Å². The Morgan fingerprint density at radius 1 is 1.59 bits per heavy atom. The molecular formula is C11H13FN2O3. The van der Waals surface area contributed by atoms with Crippen molar-refractivity contribution in [3.63, 3.8) is 0 Å². The van der Waals surface area contributed by atoms with Crippen LogP contribution >= 0.6 is 0 Å². The summed E-state index contributed by atoms with van der Waals surface area (Å²) in [5.74, 6) is -1.35. The molecule has 0 aliphatic heterocycles. The molecule has 6 heteroatoms. The van der Waals surface area contributed by atoms with Crippen LogP contribution in [-0.4, -0.2) is 23.6 Å². The number of nitrogens with zero attached hydrogens (tertiary/aromatic N) is 1. The van der Waals surface area contributed by atoms with Crippen molar-refractivity contribution in [1.82, 2.24) is 5.32 Å². The van der Waals surface area contributed by atoms with E-state index >= 15 is 0 Å². The fourth-order valence-corrected chi connectivity index (χ4v) is 1.28. The number of benzene rings is 1. The minimum atomic E-state index is -0.750. The molecular weight excluding hydrogens is 227 g/mol. The summed E-state index contributed by atoms with van der Waals surface area (Å²) in [6.45, 7) is 0.734. The summed E-state index contributed by atoms with van der Waals surface area (Å²) in [5, 5.41) is 22.6. The predicted molar refractivity (Wildman–Crippen MR) is 62.3 cm³/mol. The van der Waals surface area contributed by atoms with Crippen molar-refractivity contribution in [3.8, 4) is 5.75 Å². The van der Waals surface area contributed by atoms with Crippen molar-refractivity contribution in [3.05, 3.63) is 39.7 Å². The van der Waals surface area contributed by atoms with E-state index < -0.39 is 22.2 Å². The second-order valence-corrected chi connectivity index (χ2v) is 3.41. The van der Waals surface area contributed by atoms with Crippen LogP contribution in [0.1, 0.15) is 12.0 Å². The molecule has 5 nitrogen and oxygen atoms in total. The van der Waals surface area contributed by atoms with Gasteiger partial charge in [-0.25, -0.2) is 4.39 Å². The lowest BCUT2D eigenvalue weighted by Gasteiger charge is -2.00. The highest BCUT2D eigenvalue weighted by atomic mass is 19.1. The van der Waals surface area contributed by atoms with Crippen LogP contribution in [-0.2, 0) is 0 Å². The van der Waals surface area contributed by atoms with Gasteiger partial charge >= 0.3 is 5.69 Å². The molecule has 0 radical (unpaired) electrons. The van der Waals surface area contributed by atoms with Gasteiger partial charge in [0.25, 0.3) is 0 Å². The van der Waals surface area contributed by atoms with Gasteiger partial charge in [0.15, 0.2) is 5.75 Å². The summed E-state index contributed by atoms with van der Waals surface area (Å²) >= 11 is 0. The lowest BCUT2D eigenvalue weighted by atomic mass is 10.1. The Kier molecular flexibility index (Phi) is 4.59. The molecule has 0 bridgehead atoms. The SMILES string of the molecule is CNCCC=Cc1cc([N+](=O)[O-])c(O)cc1F. The highest BCUT2D eigenvalue weighted by Gasteiger charge is 2.16. The zero-order valence-electron chi connectivity index (χ0n) is 9.31. The van der Waals surface area contributed by atoms with Gasteiger partial charge < -0.3 is 10.4 Å². The zero-order chi connectivity index (χ0) is 12.8. The summed E-state index contributed by atoms with van der Waals surface area (Å²) in [6, 6.07) is 1.76. The number of nitrogens with one attached hydrogen (secondary N) is 1. The molecule has 0 unspecified atom stereocenters.